The van der Waals surface area contributed by atoms with Crippen LogP contribution >= 0.6 is 0 Å². The van der Waals surface area contributed by atoms with Crippen LogP contribution in [0.2, 0.25) is 0 Å². The van der Waals surface area contributed by atoms with Crippen LogP contribution in [-0.2, 0) is 27.5 Å². The standard InChI is InChI=1S/C22H25NO5/c1-15-10-18(15)22(25)28-14-21(24)23-12-17-8-9-19(20(11-17)26-2)27-13-16-6-4-3-5-7-16/h3-9,11,15,18H,10,12-14H2,1-2H3,(H,23,24)/t15-,18-/m1/s1. The van der Waals surface area contributed by atoms with E-state index < -0.39 is 0 Å². The quantitative estimate of drug-likeness (QED) is 0.674. The second-order valence-electron chi connectivity index (χ2n) is 6.96. The second-order valence-corrected chi connectivity index (χ2v) is 6.96. The van der Waals surface area contributed by atoms with Crippen molar-refractivity contribution in [3.63, 3.8) is 0 Å². The zero-order valence-corrected chi connectivity index (χ0v) is 16.1. The topological polar surface area (TPSA) is 73.9 Å². The Labute approximate surface area is 164 Å². The van der Waals surface area contributed by atoms with Crippen LogP contribution in [0.25, 0.3) is 0 Å². The minimum absolute atomic E-state index is 0.0412. The molecular weight excluding hydrogens is 358 g/mol. The van der Waals surface area contributed by atoms with Gasteiger partial charge in [-0.15, -0.1) is 0 Å². The van der Waals surface area contributed by atoms with Crippen molar-refractivity contribution in [1.82, 2.24) is 5.32 Å². The molecule has 6 nitrogen and oxygen atoms in total. The third-order valence-corrected chi connectivity index (χ3v) is 4.71. The minimum atomic E-state index is -0.329. The maximum absolute atomic E-state index is 11.9. The second kappa shape index (κ2) is 9.26. The van der Waals surface area contributed by atoms with Crippen LogP contribution < -0.4 is 14.8 Å². The van der Waals surface area contributed by atoms with Gasteiger partial charge in [0.1, 0.15) is 6.61 Å². The zero-order valence-electron chi connectivity index (χ0n) is 16.1. The van der Waals surface area contributed by atoms with Crippen molar-refractivity contribution < 1.29 is 23.8 Å². The molecule has 0 unspecified atom stereocenters. The van der Waals surface area contributed by atoms with E-state index in [1.807, 2.05) is 55.5 Å². The number of carbonyl (C=O) groups is 2. The summed E-state index contributed by atoms with van der Waals surface area (Å²) in [4.78, 5) is 23.5. The average Bonchev–Trinajstić information content (AvgIpc) is 3.46. The summed E-state index contributed by atoms with van der Waals surface area (Å²) in [7, 11) is 1.57. The van der Waals surface area contributed by atoms with Gasteiger partial charge in [-0.25, -0.2) is 0 Å². The van der Waals surface area contributed by atoms with Crippen LogP contribution in [0.1, 0.15) is 24.5 Å². The normalized spacial score (nSPS) is 17.5. The van der Waals surface area contributed by atoms with Gasteiger partial charge >= 0.3 is 5.97 Å². The minimum Gasteiger partial charge on any atom is -0.493 e. The molecule has 1 fully saturated rings. The van der Waals surface area contributed by atoms with Crippen molar-refractivity contribution in [2.75, 3.05) is 13.7 Å². The van der Waals surface area contributed by atoms with Crippen LogP contribution in [0.3, 0.4) is 0 Å². The van der Waals surface area contributed by atoms with E-state index in [0.717, 1.165) is 17.5 Å². The molecule has 1 N–H and O–H groups in total. The molecule has 2 atom stereocenters. The summed E-state index contributed by atoms with van der Waals surface area (Å²) >= 11 is 0. The Morgan fingerprint density at radius 1 is 1.07 bits per heavy atom. The number of amides is 1. The van der Waals surface area contributed by atoms with E-state index >= 15 is 0 Å². The number of ether oxygens (including phenoxy) is 3. The first-order valence-corrected chi connectivity index (χ1v) is 9.34. The highest BCUT2D eigenvalue weighted by Gasteiger charge is 2.40. The number of hydrogen-bond acceptors (Lipinski definition) is 5. The van der Waals surface area contributed by atoms with E-state index in [1.54, 1.807) is 7.11 Å². The summed E-state index contributed by atoms with van der Waals surface area (Å²) in [5.74, 6) is 0.936. The summed E-state index contributed by atoms with van der Waals surface area (Å²) in [5.41, 5.74) is 1.93. The maximum atomic E-state index is 11.9. The predicted molar refractivity (Wildman–Crippen MR) is 104 cm³/mol. The van der Waals surface area contributed by atoms with Crippen molar-refractivity contribution >= 4 is 11.9 Å². The van der Waals surface area contributed by atoms with Gasteiger partial charge in [0.2, 0.25) is 0 Å². The maximum Gasteiger partial charge on any atom is 0.309 e. The fraction of sp³-hybridized carbons (Fsp3) is 0.364. The predicted octanol–water partition coefficient (Wildman–Crippen LogP) is 3.09. The largest absolute Gasteiger partial charge is 0.493 e. The fourth-order valence-electron chi connectivity index (χ4n) is 2.82. The van der Waals surface area contributed by atoms with Gasteiger partial charge in [0.15, 0.2) is 18.1 Å². The highest BCUT2D eigenvalue weighted by atomic mass is 16.5. The van der Waals surface area contributed by atoms with Gasteiger partial charge in [0, 0.05) is 6.54 Å². The molecule has 0 spiro atoms. The molecule has 1 aliphatic carbocycles. The molecule has 0 bridgehead atoms. The number of nitrogens with one attached hydrogen (secondary N) is 1. The van der Waals surface area contributed by atoms with Gasteiger partial charge in [-0.2, -0.15) is 0 Å². The number of carbonyl (C=O) groups excluding carboxylic acids is 2. The summed E-state index contributed by atoms with van der Waals surface area (Å²) in [6.07, 6.45) is 0.846. The van der Waals surface area contributed by atoms with Crippen LogP contribution in [0, 0.1) is 11.8 Å². The first-order valence-electron chi connectivity index (χ1n) is 9.34. The highest BCUT2D eigenvalue weighted by Crippen LogP contribution is 2.38. The lowest BCUT2D eigenvalue weighted by Crippen LogP contribution is -2.28. The summed E-state index contributed by atoms with van der Waals surface area (Å²) < 4.78 is 16.3. The molecule has 1 saturated carbocycles. The van der Waals surface area contributed by atoms with Crippen LogP contribution in [-0.4, -0.2) is 25.6 Å². The van der Waals surface area contributed by atoms with Crippen molar-refractivity contribution in [2.24, 2.45) is 11.8 Å². The van der Waals surface area contributed by atoms with Gasteiger partial charge in [0.05, 0.1) is 13.0 Å². The van der Waals surface area contributed by atoms with Crippen LogP contribution in [0.5, 0.6) is 11.5 Å². The van der Waals surface area contributed by atoms with Gasteiger partial charge in [-0.3, -0.25) is 9.59 Å². The van der Waals surface area contributed by atoms with E-state index in [4.69, 9.17) is 14.2 Å². The van der Waals surface area contributed by atoms with E-state index in [-0.39, 0.29) is 24.4 Å². The highest BCUT2D eigenvalue weighted by molar-refractivity contribution is 5.82. The zero-order chi connectivity index (χ0) is 19.9. The molecule has 28 heavy (non-hydrogen) atoms. The molecular formula is C22H25NO5. The molecule has 1 amide bonds. The molecule has 0 radical (unpaired) electrons. The lowest BCUT2D eigenvalue weighted by atomic mass is 10.2. The van der Waals surface area contributed by atoms with Crippen molar-refractivity contribution in [2.45, 2.75) is 26.5 Å². The monoisotopic (exact) mass is 383 g/mol. The van der Waals surface area contributed by atoms with Crippen LogP contribution in [0.4, 0.5) is 0 Å². The smallest absolute Gasteiger partial charge is 0.309 e. The summed E-state index contributed by atoms with van der Waals surface area (Å²) in [6.45, 7) is 2.49. The summed E-state index contributed by atoms with van der Waals surface area (Å²) in [5, 5.41) is 2.74. The van der Waals surface area contributed by atoms with Crippen molar-refractivity contribution in [1.29, 1.82) is 0 Å². The number of esters is 1. The van der Waals surface area contributed by atoms with Crippen molar-refractivity contribution in [3.8, 4) is 11.5 Å². The lowest BCUT2D eigenvalue weighted by Gasteiger charge is -2.13. The van der Waals surface area contributed by atoms with Gasteiger partial charge < -0.3 is 19.5 Å². The molecule has 0 aromatic heterocycles. The van der Waals surface area contributed by atoms with Crippen molar-refractivity contribution in [3.05, 3.63) is 59.7 Å². The van der Waals surface area contributed by atoms with E-state index in [1.165, 1.54) is 0 Å². The SMILES string of the molecule is COc1cc(CNC(=O)COC(=O)[C@@H]2C[C@H]2C)ccc1OCc1ccccc1. The molecule has 2 aromatic rings. The Bertz CT molecular complexity index is 821. The van der Waals surface area contributed by atoms with Crippen LogP contribution in [0.15, 0.2) is 48.5 Å². The Hall–Kier alpha value is -3.02. The third-order valence-electron chi connectivity index (χ3n) is 4.71. The first kappa shape index (κ1) is 19.7. The van der Waals surface area contributed by atoms with E-state index in [9.17, 15) is 9.59 Å². The molecule has 6 heteroatoms. The Balaban J connectivity index is 1.47. The molecule has 0 heterocycles. The van der Waals surface area contributed by atoms with E-state index in [0.29, 0.717) is 30.6 Å². The van der Waals surface area contributed by atoms with Gasteiger partial charge in [0.25, 0.3) is 5.91 Å². The van der Waals surface area contributed by atoms with Gasteiger partial charge in [-0.1, -0.05) is 43.3 Å². The molecule has 0 saturated heterocycles. The summed E-state index contributed by atoms with van der Waals surface area (Å²) in [6, 6.07) is 15.4. The Morgan fingerprint density at radius 2 is 1.82 bits per heavy atom. The Morgan fingerprint density at radius 3 is 2.50 bits per heavy atom. The number of methoxy groups -OCH3 is 1. The molecule has 148 valence electrons. The molecule has 1 aliphatic rings. The lowest BCUT2D eigenvalue weighted by molar-refractivity contribution is -0.150. The molecule has 2 aromatic carbocycles. The first-order chi connectivity index (χ1) is 13.6. The molecule has 0 aliphatic heterocycles. The average molecular weight is 383 g/mol. The number of rotatable bonds is 9. The number of benzene rings is 2. The number of hydrogen-bond donors (Lipinski definition) is 1. The van der Waals surface area contributed by atoms with Gasteiger partial charge in [-0.05, 0) is 35.6 Å². The molecule has 3 rings (SSSR count). The third kappa shape index (κ3) is 5.49. The van der Waals surface area contributed by atoms with E-state index in [2.05, 4.69) is 5.32 Å². The fourth-order valence-corrected chi connectivity index (χ4v) is 2.82. The Kier molecular flexibility index (Phi) is 6.53.